The number of nitriles is 1. The molecule has 0 unspecified atom stereocenters. The third kappa shape index (κ3) is 3.86. The van der Waals surface area contributed by atoms with Crippen molar-refractivity contribution < 1.29 is 4.79 Å². The minimum atomic E-state index is -0.1000. The standard InChI is InChI=1S/C17H17N3OS/c1-3-7-19-16(21)11-22-17-14(10-18)9-13-8-12(4-2)5-6-15(13)20-17/h3,5-6,8-9H,1,4,7,11H2,2H3,(H,19,21). The molecule has 1 amide bonds. The van der Waals surface area contributed by atoms with E-state index in [0.29, 0.717) is 17.1 Å². The molecule has 0 atom stereocenters. The number of pyridine rings is 1. The van der Waals surface area contributed by atoms with E-state index in [9.17, 15) is 10.1 Å². The van der Waals surface area contributed by atoms with Crippen LogP contribution in [0.2, 0.25) is 0 Å². The van der Waals surface area contributed by atoms with Crippen molar-refractivity contribution in [3.63, 3.8) is 0 Å². The number of nitrogens with one attached hydrogen (secondary N) is 1. The number of nitrogens with zero attached hydrogens (tertiary/aromatic N) is 2. The molecule has 112 valence electrons. The highest BCUT2D eigenvalue weighted by Gasteiger charge is 2.10. The van der Waals surface area contributed by atoms with E-state index in [1.807, 2.05) is 18.2 Å². The lowest BCUT2D eigenvalue weighted by Gasteiger charge is -2.07. The van der Waals surface area contributed by atoms with Crippen LogP contribution in [0.1, 0.15) is 18.1 Å². The fourth-order valence-corrected chi connectivity index (χ4v) is 2.78. The summed E-state index contributed by atoms with van der Waals surface area (Å²) >= 11 is 1.28. The number of hydrogen-bond acceptors (Lipinski definition) is 4. The van der Waals surface area contributed by atoms with Gasteiger partial charge in [-0.25, -0.2) is 4.98 Å². The van der Waals surface area contributed by atoms with Gasteiger partial charge in [-0.15, -0.1) is 6.58 Å². The number of rotatable bonds is 6. The molecule has 1 aromatic heterocycles. The summed E-state index contributed by atoms with van der Waals surface area (Å²) in [6, 6.07) is 10.0. The van der Waals surface area contributed by atoms with Crippen molar-refractivity contribution in [3.05, 3.63) is 48.0 Å². The highest BCUT2D eigenvalue weighted by Crippen LogP contribution is 2.25. The van der Waals surface area contributed by atoms with Crippen LogP contribution in [0.25, 0.3) is 10.9 Å². The zero-order valence-electron chi connectivity index (χ0n) is 12.4. The second-order valence-electron chi connectivity index (χ2n) is 4.71. The molecule has 0 saturated heterocycles. The Hall–Kier alpha value is -2.32. The van der Waals surface area contributed by atoms with Crippen molar-refractivity contribution in [1.29, 1.82) is 5.26 Å². The maximum atomic E-state index is 11.6. The number of benzene rings is 1. The lowest BCUT2D eigenvalue weighted by molar-refractivity contribution is -0.118. The molecule has 1 N–H and O–H groups in total. The predicted octanol–water partition coefficient (Wildman–Crippen LogP) is 3.06. The van der Waals surface area contributed by atoms with Gasteiger partial charge in [-0.3, -0.25) is 4.79 Å². The number of carbonyl (C=O) groups is 1. The Balaban J connectivity index is 2.24. The Morgan fingerprint density at radius 1 is 1.50 bits per heavy atom. The first-order valence-corrected chi connectivity index (χ1v) is 8.00. The van der Waals surface area contributed by atoms with Gasteiger partial charge in [0.25, 0.3) is 0 Å². The Morgan fingerprint density at radius 2 is 2.32 bits per heavy atom. The first kappa shape index (κ1) is 16.1. The van der Waals surface area contributed by atoms with Gasteiger partial charge in [-0.2, -0.15) is 5.26 Å². The summed E-state index contributed by atoms with van der Waals surface area (Å²) in [6.45, 7) is 6.08. The topological polar surface area (TPSA) is 65.8 Å². The summed E-state index contributed by atoms with van der Waals surface area (Å²) in [5.74, 6) is 0.130. The summed E-state index contributed by atoms with van der Waals surface area (Å²) in [7, 11) is 0. The molecule has 4 nitrogen and oxygen atoms in total. The maximum Gasteiger partial charge on any atom is 0.230 e. The van der Waals surface area contributed by atoms with Gasteiger partial charge in [0, 0.05) is 11.9 Å². The molecule has 0 saturated carbocycles. The molecule has 0 aliphatic carbocycles. The number of aryl methyl sites for hydroxylation is 1. The second kappa shape index (κ2) is 7.62. The van der Waals surface area contributed by atoms with Crippen molar-refractivity contribution >= 4 is 28.6 Å². The molecule has 5 heteroatoms. The molecular weight excluding hydrogens is 294 g/mol. The van der Waals surface area contributed by atoms with E-state index >= 15 is 0 Å². The molecule has 22 heavy (non-hydrogen) atoms. The number of fused-ring (bicyclic) bond motifs is 1. The van der Waals surface area contributed by atoms with Crippen LogP contribution in [0.15, 0.2) is 41.9 Å². The highest BCUT2D eigenvalue weighted by molar-refractivity contribution is 8.00. The van der Waals surface area contributed by atoms with E-state index in [4.69, 9.17) is 0 Å². The molecule has 1 heterocycles. The molecule has 2 aromatic rings. The Morgan fingerprint density at radius 3 is 3.00 bits per heavy atom. The third-order valence-corrected chi connectivity index (χ3v) is 4.15. The smallest absolute Gasteiger partial charge is 0.230 e. The summed E-state index contributed by atoms with van der Waals surface area (Å²) in [4.78, 5) is 16.1. The van der Waals surface area contributed by atoms with Crippen LogP contribution in [0.4, 0.5) is 0 Å². The zero-order chi connectivity index (χ0) is 15.9. The van der Waals surface area contributed by atoms with E-state index < -0.39 is 0 Å². The Labute approximate surface area is 134 Å². The first-order valence-electron chi connectivity index (χ1n) is 7.02. The normalized spacial score (nSPS) is 10.2. The molecule has 2 rings (SSSR count). The molecule has 0 aliphatic rings. The number of thioether (sulfide) groups is 1. The summed E-state index contributed by atoms with van der Waals surface area (Å²) < 4.78 is 0. The zero-order valence-corrected chi connectivity index (χ0v) is 13.2. The maximum absolute atomic E-state index is 11.6. The van der Waals surface area contributed by atoms with Crippen LogP contribution >= 0.6 is 11.8 Å². The number of amides is 1. The average molecular weight is 311 g/mol. The van der Waals surface area contributed by atoms with Crippen molar-refractivity contribution in [3.8, 4) is 6.07 Å². The fraction of sp³-hybridized carbons (Fsp3) is 0.235. The average Bonchev–Trinajstić information content (AvgIpc) is 2.56. The lowest BCUT2D eigenvalue weighted by atomic mass is 10.1. The monoisotopic (exact) mass is 311 g/mol. The molecule has 0 aliphatic heterocycles. The van der Waals surface area contributed by atoms with Gasteiger partial charge in [0.15, 0.2) is 0 Å². The summed E-state index contributed by atoms with van der Waals surface area (Å²) in [6.07, 6.45) is 2.57. The lowest BCUT2D eigenvalue weighted by Crippen LogP contribution is -2.25. The van der Waals surface area contributed by atoms with Crippen LogP contribution in [-0.4, -0.2) is 23.2 Å². The van der Waals surface area contributed by atoms with Gasteiger partial charge in [-0.1, -0.05) is 30.8 Å². The van der Waals surface area contributed by atoms with Gasteiger partial charge in [0.2, 0.25) is 5.91 Å². The van der Waals surface area contributed by atoms with Gasteiger partial charge in [0.05, 0.1) is 16.8 Å². The molecule has 0 spiro atoms. The first-order chi connectivity index (χ1) is 10.7. The number of aromatic nitrogens is 1. The summed E-state index contributed by atoms with van der Waals surface area (Å²) in [5.41, 5.74) is 2.55. The SMILES string of the molecule is C=CCNC(=O)CSc1nc2ccc(CC)cc2cc1C#N. The second-order valence-corrected chi connectivity index (χ2v) is 5.68. The van der Waals surface area contributed by atoms with Crippen LogP contribution in [0, 0.1) is 11.3 Å². The van der Waals surface area contributed by atoms with Crippen molar-refractivity contribution in [2.75, 3.05) is 12.3 Å². The van der Waals surface area contributed by atoms with Crippen molar-refractivity contribution in [2.45, 2.75) is 18.4 Å². The van der Waals surface area contributed by atoms with Gasteiger partial charge in [-0.05, 0) is 30.2 Å². The third-order valence-electron chi connectivity index (χ3n) is 3.16. The molecule has 0 bridgehead atoms. The Kier molecular flexibility index (Phi) is 5.56. The minimum Gasteiger partial charge on any atom is -0.352 e. The van der Waals surface area contributed by atoms with Crippen LogP contribution in [0.5, 0.6) is 0 Å². The van der Waals surface area contributed by atoms with Crippen LogP contribution in [0.3, 0.4) is 0 Å². The van der Waals surface area contributed by atoms with Crippen molar-refractivity contribution in [1.82, 2.24) is 10.3 Å². The van der Waals surface area contributed by atoms with Crippen molar-refractivity contribution in [2.24, 2.45) is 0 Å². The number of carbonyl (C=O) groups excluding carboxylic acids is 1. The van der Waals surface area contributed by atoms with E-state index in [0.717, 1.165) is 17.3 Å². The molecular formula is C17H17N3OS. The van der Waals surface area contributed by atoms with E-state index in [-0.39, 0.29) is 11.7 Å². The van der Waals surface area contributed by atoms with Gasteiger partial charge < -0.3 is 5.32 Å². The largest absolute Gasteiger partial charge is 0.352 e. The predicted molar refractivity (Wildman–Crippen MR) is 89.8 cm³/mol. The Bertz CT molecular complexity index is 749. The molecule has 0 radical (unpaired) electrons. The van der Waals surface area contributed by atoms with Crippen LogP contribution < -0.4 is 5.32 Å². The molecule has 1 aromatic carbocycles. The quantitative estimate of drug-likeness (QED) is 0.658. The molecule has 0 fully saturated rings. The van der Waals surface area contributed by atoms with E-state index in [1.54, 1.807) is 6.08 Å². The van der Waals surface area contributed by atoms with Crippen LogP contribution in [-0.2, 0) is 11.2 Å². The van der Waals surface area contributed by atoms with Gasteiger partial charge in [0.1, 0.15) is 11.1 Å². The minimum absolute atomic E-state index is 0.1000. The number of hydrogen-bond donors (Lipinski definition) is 1. The fourth-order valence-electron chi connectivity index (χ4n) is 1.99. The van der Waals surface area contributed by atoms with Gasteiger partial charge >= 0.3 is 0 Å². The van der Waals surface area contributed by atoms with E-state index in [1.165, 1.54) is 17.3 Å². The van der Waals surface area contributed by atoms with E-state index in [2.05, 4.69) is 35.9 Å². The summed E-state index contributed by atoms with van der Waals surface area (Å²) in [5, 5.41) is 13.5. The highest BCUT2D eigenvalue weighted by atomic mass is 32.2.